The summed E-state index contributed by atoms with van der Waals surface area (Å²) >= 11 is 0. The quantitative estimate of drug-likeness (QED) is 0.440. The minimum atomic E-state index is -0.461. The van der Waals surface area contributed by atoms with Crippen molar-refractivity contribution in [1.29, 1.82) is 0 Å². The lowest BCUT2D eigenvalue weighted by molar-refractivity contribution is -0.120. The molecule has 0 spiro atoms. The van der Waals surface area contributed by atoms with E-state index in [-0.39, 0.29) is 23.3 Å². The fourth-order valence-electron chi connectivity index (χ4n) is 6.23. The Morgan fingerprint density at radius 2 is 1.55 bits per heavy atom. The fourth-order valence-corrected chi connectivity index (χ4v) is 6.23. The predicted octanol–water partition coefficient (Wildman–Crippen LogP) is 3.62. The summed E-state index contributed by atoms with van der Waals surface area (Å²) < 4.78 is 0. The van der Waals surface area contributed by atoms with Gasteiger partial charge in [-0.25, -0.2) is 0 Å². The van der Waals surface area contributed by atoms with E-state index >= 15 is 0 Å². The van der Waals surface area contributed by atoms with Crippen LogP contribution in [0.1, 0.15) is 49.4 Å². The number of benzene rings is 2. The van der Waals surface area contributed by atoms with E-state index < -0.39 is 5.91 Å². The van der Waals surface area contributed by atoms with Crippen LogP contribution in [0.25, 0.3) is 10.8 Å². The zero-order chi connectivity index (χ0) is 21.5. The third-order valence-electron chi connectivity index (χ3n) is 7.37. The van der Waals surface area contributed by atoms with Crippen molar-refractivity contribution in [3.63, 3.8) is 0 Å². The Labute approximate surface area is 182 Å². The average Bonchev–Trinajstić information content (AvgIpc) is 2.73. The van der Waals surface area contributed by atoms with Crippen LogP contribution in [0.3, 0.4) is 0 Å². The molecule has 0 unspecified atom stereocenters. The summed E-state index contributed by atoms with van der Waals surface area (Å²) in [6, 6.07) is 11.0. The van der Waals surface area contributed by atoms with Gasteiger partial charge in [0.25, 0.3) is 5.91 Å². The van der Waals surface area contributed by atoms with Gasteiger partial charge in [-0.2, -0.15) is 0 Å². The van der Waals surface area contributed by atoms with Gasteiger partial charge in [0.05, 0.1) is 5.56 Å². The first-order chi connectivity index (χ1) is 15.0. The highest BCUT2D eigenvalue weighted by molar-refractivity contribution is 6.01. The first-order valence-corrected chi connectivity index (χ1v) is 11.2. The number of nitrogens with one attached hydrogen (secondary N) is 3. The fraction of sp³-hybridized carbons (Fsp3) is 0.440. The molecule has 0 aromatic heterocycles. The largest absolute Gasteiger partial charge is 0.507 e. The average molecular weight is 420 g/mol. The van der Waals surface area contributed by atoms with E-state index in [1.54, 1.807) is 19.1 Å². The Balaban J connectivity index is 1.18. The Bertz CT molecular complexity index is 1030. The van der Waals surface area contributed by atoms with Crippen molar-refractivity contribution in [3.8, 4) is 5.75 Å². The zero-order valence-corrected chi connectivity index (χ0v) is 17.7. The van der Waals surface area contributed by atoms with E-state index in [1.165, 1.54) is 38.2 Å². The molecular weight excluding hydrogens is 390 g/mol. The highest BCUT2D eigenvalue weighted by Crippen LogP contribution is 2.53. The molecule has 4 aliphatic carbocycles. The first-order valence-electron chi connectivity index (χ1n) is 11.2. The number of amides is 2. The minimum absolute atomic E-state index is 0.0840. The van der Waals surface area contributed by atoms with Gasteiger partial charge in [-0.05, 0) is 85.6 Å². The molecule has 6 heteroatoms. The predicted molar refractivity (Wildman–Crippen MR) is 119 cm³/mol. The van der Waals surface area contributed by atoms with Crippen LogP contribution in [-0.2, 0) is 4.79 Å². The molecule has 162 valence electrons. The molecule has 4 saturated carbocycles. The molecule has 0 saturated heterocycles. The lowest BCUT2D eigenvalue weighted by Gasteiger charge is -2.54. The summed E-state index contributed by atoms with van der Waals surface area (Å²) in [6.07, 6.45) is 7.90. The molecule has 2 aromatic rings. The topological polar surface area (TPSA) is 90.5 Å². The Hall–Kier alpha value is -3.02. The second kappa shape index (κ2) is 7.91. The molecule has 4 fully saturated rings. The number of phenolic OH excluding ortho intramolecular Hbond substituents is 1. The normalized spacial score (nSPS) is 29.1. The van der Waals surface area contributed by atoms with E-state index in [9.17, 15) is 14.7 Å². The molecule has 4 aliphatic rings. The van der Waals surface area contributed by atoms with Crippen LogP contribution in [0.4, 0.5) is 0 Å². The second-order valence-electron chi connectivity index (χ2n) is 9.59. The molecule has 6 nitrogen and oxygen atoms in total. The monoisotopic (exact) mass is 419 g/mol. The molecule has 2 aromatic carbocycles. The van der Waals surface area contributed by atoms with Crippen molar-refractivity contribution in [1.82, 2.24) is 16.2 Å². The molecule has 6 rings (SSSR count). The van der Waals surface area contributed by atoms with Gasteiger partial charge in [-0.3, -0.25) is 15.0 Å². The van der Waals surface area contributed by atoms with Crippen LogP contribution >= 0.6 is 0 Å². The van der Waals surface area contributed by atoms with Gasteiger partial charge in [0.1, 0.15) is 5.75 Å². The summed E-state index contributed by atoms with van der Waals surface area (Å²) in [4.78, 5) is 25.1. The van der Waals surface area contributed by atoms with Crippen molar-refractivity contribution in [2.45, 2.75) is 45.1 Å². The molecule has 0 atom stereocenters. The molecule has 4 bridgehead atoms. The number of hydrogen-bond acceptors (Lipinski definition) is 4. The third-order valence-corrected chi connectivity index (χ3v) is 7.37. The summed E-state index contributed by atoms with van der Waals surface area (Å²) in [6.45, 7) is 1.73. The van der Waals surface area contributed by atoms with Gasteiger partial charge in [0, 0.05) is 17.8 Å². The number of fused-ring (bicyclic) bond motifs is 1. The van der Waals surface area contributed by atoms with Crippen LogP contribution in [0.2, 0.25) is 0 Å². The van der Waals surface area contributed by atoms with Gasteiger partial charge in [-0.15, -0.1) is 0 Å². The first kappa shape index (κ1) is 19.9. The summed E-state index contributed by atoms with van der Waals surface area (Å²) in [5, 5.41) is 15.2. The molecule has 0 heterocycles. The van der Waals surface area contributed by atoms with Gasteiger partial charge in [0.2, 0.25) is 5.91 Å². The molecule has 2 amide bonds. The highest BCUT2D eigenvalue weighted by atomic mass is 16.3. The smallest absolute Gasteiger partial charge is 0.273 e. The number of hydrazine groups is 1. The number of carbonyl (C=O) groups is 2. The number of phenols is 1. The maximum atomic E-state index is 12.6. The summed E-state index contributed by atoms with van der Waals surface area (Å²) in [5.41, 5.74) is 6.06. The Kier molecular flexibility index (Phi) is 5.08. The Morgan fingerprint density at radius 3 is 2.19 bits per heavy atom. The highest BCUT2D eigenvalue weighted by Gasteiger charge is 2.48. The molecule has 31 heavy (non-hydrogen) atoms. The molecule has 0 aliphatic heterocycles. The number of allylic oxidation sites excluding steroid dienone is 1. The summed E-state index contributed by atoms with van der Waals surface area (Å²) in [7, 11) is 0. The van der Waals surface area contributed by atoms with E-state index in [2.05, 4.69) is 16.2 Å². The van der Waals surface area contributed by atoms with Gasteiger partial charge in [0.15, 0.2) is 0 Å². The van der Waals surface area contributed by atoms with E-state index in [4.69, 9.17) is 0 Å². The van der Waals surface area contributed by atoms with Crippen molar-refractivity contribution in [3.05, 3.63) is 53.7 Å². The minimum Gasteiger partial charge on any atom is -0.507 e. The van der Waals surface area contributed by atoms with E-state index in [0.717, 1.165) is 22.6 Å². The van der Waals surface area contributed by atoms with Crippen LogP contribution < -0.4 is 16.2 Å². The number of hydrogen-bond donors (Lipinski definition) is 4. The van der Waals surface area contributed by atoms with Gasteiger partial charge < -0.3 is 15.8 Å². The van der Waals surface area contributed by atoms with Crippen LogP contribution in [0.15, 0.2) is 48.2 Å². The second-order valence-corrected chi connectivity index (χ2v) is 9.59. The number of carbonyl (C=O) groups excluding carboxylic acids is 2. The maximum absolute atomic E-state index is 12.6. The van der Waals surface area contributed by atoms with Crippen molar-refractivity contribution >= 4 is 22.6 Å². The lowest BCUT2D eigenvalue weighted by atomic mass is 9.54. The van der Waals surface area contributed by atoms with Crippen molar-refractivity contribution < 1.29 is 14.7 Å². The van der Waals surface area contributed by atoms with Crippen LogP contribution in [0, 0.1) is 23.7 Å². The van der Waals surface area contributed by atoms with Crippen LogP contribution in [-0.4, -0.2) is 23.0 Å². The lowest BCUT2D eigenvalue weighted by Crippen LogP contribution is -2.55. The maximum Gasteiger partial charge on any atom is 0.273 e. The molecular formula is C25H29N3O3. The van der Waals surface area contributed by atoms with Gasteiger partial charge in [-0.1, -0.05) is 24.3 Å². The molecule has 0 radical (unpaired) electrons. The van der Waals surface area contributed by atoms with Crippen LogP contribution in [0.5, 0.6) is 5.75 Å². The number of aromatic hydroxyl groups is 1. The van der Waals surface area contributed by atoms with Crippen molar-refractivity contribution in [2.24, 2.45) is 23.7 Å². The standard InChI is InChI=1S/C25H29N3O3/c1-14(6-23(30)26-24-19-8-15-7-16(10-19)11-20(24)9-15)27-28-25(31)21-12-17-4-2-3-5-18(17)13-22(21)29/h2-6,12-13,15-16,19-20,24,27,29H,7-11H2,1H3,(H,26,30)(H,28,31)/b14-6+. The van der Waals surface area contributed by atoms with Gasteiger partial charge >= 0.3 is 0 Å². The van der Waals surface area contributed by atoms with Crippen molar-refractivity contribution in [2.75, 3.05) is 0 Å². The van der Waals surface area contributed by atoms with E-state index in [0.29, 0.717) is 17.5 Å². The third kappa shape index (κ3) is 3.99. The Morgan fingerprint density at radius 1 is 0.935 bits per heavy atom. The zero-order valence-electron chi connectivity index (χ0n) is 17.7. The summed E-state index contributed by atoms with van der Waals surface area (Å²) in [5.74, 6) is 2.32. The van der Waals surface area contributed by atoms with E-state index in [1.807, 2.05) is 24.3 Å². The number of rotatable bonds is 5. The SMILES string of the molecule is C/C(=C\C(=O)NC1C2CC3CC(C2)CC1C3)NNC(=O)c1cc2ccccc2cc1O. The molecule has 4 N–H and O–H groups in total.